The van der Waals surface area contributed by atoms with Crippen LogP contribution < -0.4 is 10.6 Å². The molecule has 1 aliphatic heterocycles. The highest BCUT2D eigenvalue weighted by Crippen LogP contribution is 2.17. The first-order chi connectivity index (χ1) is 11.6. The van der Waals surface area contributed by atoms with E-state index in [-0.39, 0.29) is 30.0 Å². The lowest BCUT2D eigenvalue weighted by Gasteiger charge is -2.19. The lowest BCUT2D eigenvalue weighted by atomic mass is 10.1. The van der Waals surface area contributed by atoms with Gasteiger partial charge in [-0.2, -0.15) is 0 Å². The molecule has 4 nitrogen and oxygen atoms in total. The van der Waals surface area contributed by atoms with Gasteiger partial charge in [0.05, 0.1) is 19.3 Å². The molecular weight excluding hydrogens is 439 g/mol. The molecule has 1 aromatic rings. The molecule has 0 aliphatic carbocycles. The fraction of sp³-hybridized carbons (Fsp3) is 0.500. The summed E-state index contributed by atoms with van der Waals surface area (Å²) in [6, 6.07) is 3.30. The van der Waals surface area contributed by atoms with Crippen molar-refractivity contribution in [2.45, 2.75) is 32.7 Å². The standard InChI is InChI=1S/C18H25F2N3O.HI/c1-3-21-18(22-9-6-14-7-10-24-11-8-14)23-13(2)16-5-4-15(19)12-17(16)20;/h4-5,7,12-13H,3,6,8-11H2,1-2H3,(H2,21,22,23);1H. The first kappa shape index (κ1) is 21.8. The summed E-state index contributed by atoms with van der Waals surface area (Å²) in [6.45, 7) is 6.61. The first-order valence-electron chi connectivity index (χ1n) is 8.35. The number of hydrogen-bond donors (Lipinski definition) is 2. The molecule has 0 radical (unpaired) electrons. The van der Waals surface area contributed by atoms with E-state index in [0.717, 1.165) is 25.5 Å². The van der Waals surface area contributed by atoms with Gasteiger partial charge in [0, 0.05) is 24.7 Å². The minimum absolute atomic E-state index is 0. The summed E-state index contributed by atoms with van der Waals surface area (Å²) in [7, 11) is 0. The van der Waals surface area contributed by atoms with Crippen LogP contribution in [0.25, 0.3) is 0 Å². The number of guanidine groups is 1. The highest BCUT2D eigenvalue weighted by atomic mass is 127. The second-order valence-corrected chi connectivity index (χ2v) is 5.73. The zero-order valence-corrected chi connectivity index (χ0v) is 17.0. The van der Waals surface area contributed by atoms with E-state index in [9.17, 15) is 8.78 Å². The minimum Gasteiger partial charge on any atom is -0.377 e. The number of hydrogen-bond acceptors (Lipinski definition) is 2. The molecule has 1 aliphatic rings. The molecule has 1 heterocycles. The first-order valence-corrected chi connectivity index (χ1v) is 8.35. The van der Waals surface area contributed by atoms with Crippen LogP contribution in [0.15, 0.2) is 34.8 Å². The van der Waals surface area contributed by atoms with Crippen molar-refractivity contribution in [1.29, 1.82) is 0 Å². The van der Waals surface area contributed by atoms with Gasteiger partial charge in [-0.1, -0.05) is 17.7 Å². The second-order valence-electron chi connectivity index (χ2n) is 5.73. The van der Waals surface area contributed by atoms with Gasteiger partial charge in [-0.3, -0.25) is 4.99 Å². The molecular formula is C18H26F2IN3O. The van der Waals surface area contributed by atoms with Crippen molar-refractivity contribution in [1.82, 2.24) is 10.6 Å². The molecule has 7 heteroatoms. The zero-order valence-electron chi connectivity index (χ0n) is 14.6. The molecule has 0 fully saturated rings. The van der Waals surface area contributed by atoms with Crippen molar-refractivity contribution in [3.8, 4) is 0 Å². The van der Waals surface area contributed by atoms with Gasteiger partial charge in [0.25, 0.3) is 0 Å². The van der Waals surface area contributed by atoms with Crippen molar-refractivity contribution < 1.29 is 13.5 Å². The Morgan fingerprint density at radius 3 is 2.80 bits per heavy atom. The maximum absolute atomic E-state index is 13.9. The molecule has 0 amide bonds. The van der Waals surface area contributed by atoms with Crippen molar-refractivity contribution in [3.63, 3.8) is 0 Å². The second kappa shape index (κ2) is 11.4. The molecule has 1 aromatic carbocycles. The van der Waals surface area contributed by atoms with Crippen LogP contribution in [0.1, 0.15) is 38.3 Å². The smallest absolute Gasteiger partial charge is 0.191 e. The molecule has 0 spiro atoms. The van der Waals surface area contributed by atoms with Crippen LogP contribution in [0.4, 0.5) is 8.78 Å². The SMILES string of the molecule is CCNC(=NCCC1=CCOCC1)NC(C)c1ccc(F)cc1F.I. The predicted octanol–water partition coefficient (Wildman–Crippen LogP) is 3.94. The molecule has 2 N–H and O–H groups in total. The Labute approximate surface area is 165 Å². The maximum atomic E-state index is 13.9. The Morgan fingerprint density at radius 1 is 1.36 bits per heavy atom. The summed E-state index contributed by atoms with van der Waals surface area (Å²) in [5, 5.41) is 6.31. The number of nitrogens with zero attached hydrogens (tertiary/aromatic N) is 1. The highest BCUT2D eigenvalue weighted by Gasteiger charge is 2.13. The van der Waals surface area contributed by atoms with Crippen LogP contribution in [-0.2, 0) is 4.74 Å². The van der Waals surface area contributed by atoms with Crippen LogP contribution >= 0.6 is 24.0 Å². The van der Waals surface area contributed by atoms with E-state index >= 15 is 0 Å². The van der Waals surface area contributed by atoms with E-state index in [0.29, 0.717) is 31.2 Å². The van der Waals surface area contributed by atoms with Crippen LogP contribution in [-0.4, -0.2) is 32.3 Å². The molecule has 2 rings (SSSR count). The fourth-order valence-corrected chi connectivity index (χ4v) is 2.56. The lowest BCUT2D eigenvalue weighted by Crippen LogP contribution is -2.39. The Hall–Kier alpha value is -1.22. The van der Waals surface area contributed by atoms with Gasteiger partial charge in [0.1, 0.15) is 11.6 Å². The van der Waals surface area contributed by atoms with Crippen molar-refractivity contribution in [2.24, 2.45) is 4.99 Å². The lowest BCUT2D eigenvalue weighted by molar-refractivity contribution is 0.153. The molecule has 0 saturated carbocycles. The third kappa shape index (κ3) is 7.27. The summed E-state index contributed by atoms with van der Waals surface area (Å²) in [5.41, 5.74) is 1.77. The van der Waals surface area contributed by atoms with Gasteiger partial charge in [-0.05, 0) is 32.8 Å². The average molecular weight is 465 g/mol. The van der Waals surface area contributed by atoms with E-state index < -0.39 is 11.6 Å². The third-order valence-electron chi connectivity index (χ3n) is 3.89. The number of aliphatic imine (C=N–C) groups is 1. The minimum atomic E-state index is -0.575. The summed E-state index contributed by atoms with van der Waals surface area (Å²) in [4.78, 5) is 4.54. The molecule has 1 unspecified atom stereocenters. The Balaban J connectivity index is 0.00000312. The number of nitrogens with one attached hydrogen (secondary N) is 2. The average Bonchev–Trinajstić information content (AvgIpc) is 2.55. The number of halogens is 3. The van der Waals surface area contributed by atoms with Crippen molar-refractivity contribution in [3.05, 3.63) is 47.0 Å². The summed E-state index contributed by atoms with van der Waals surface area (Å²) >= 11 is 0. The van der Waals surface area contributed by atoms with Crippen LogP contribution in [0, 0.1) is 11.6 Å². The third-order valence-corrected chi connectivity index (χ3v) is 3.89. The van der Waals surface area contributed by atoms with E-state index in [1.807, 2.05) is 13.8 Å². The summed E-state index contributed by atoms with van der Waals surface area (Å²) in [6.07, 6.45) is 3.95. The molecule has 0 aromatic heterocycles. The fourth-order valence-electron chi connectivity index (χ4n) is 2.56. The topological polar surface area (TPSA) is 45.7 Å². The molecule has 140 valence electrons. The highest BCUT2D eigenvalue weighted by molar-refractivity contribution is 14.0. The van der Waals surface area contributed by atoms with Gasteiger partial charge < -0.3 is 15.4 Å². The Morgan fingerprint density at radius 2 is 2.16 bits per heavy atom. The predicted molar refractivity (Wildman–Crippen MR) is 107 cm³/mol. The van der Waals surface area contributed by atoms with Crippen molar-refractivity contribution in [2.75, 3.05) is 26.3 Å². The van der Waals surface area contributed by atoms with Crippen LogP contribution in [0.3, 0.4) is 0 Å². The van der Waals surface area contributed by atoms with E-state index in [4.69, 9.17) is 4.74 Å². The maximum Gasteiger partial charge on any atom is 0.191 e. The quantitative estimate of drug-likeness (QED) is 0.290. The summed E-state index contributed by atoms with van der Waals surface area (Å²) < 4.78 is 32.2. The normalized spacial score (nSPS) is 15.8. The molecule has 0 bridgehead atoms. The van der Waals surface area contributed by atoms with Gasteiger partial charge in [-0.15, -0.1) is 24.0 Å². The summed E-state index contributed by atoms with van der Waals surface area (Å²) in [5.74, 6) is -0.506. The van der Waals surface area contributed by atoms with Crippen LogP contribution in [0.2, 0.25) is 0 Å². The largest absolute Gasteiger partial charge is 0.377 e. The zero-order chi connectivity index (χ0) is 17.4. The Bertz CT molecular complexity index is 608. The monoisotopic (exact) mass is 465 g/mol. The Kier molecular flexibility index (Phi) is 9.96. The molecule has 25 heavy (non-hydrogen) atoms. The number of ether oxygens (including phenoxy) is 1. The van der Waals surface area contributed by atoms with Gasteiger partial charge >= 0.3 is 0 Å². The van der Waals surface area contributed by atoms with E-state index in [1.165, 1.54) is 17.7 Å². The molecule has 1 atom stereocenters. The van der Waals surface area contributed by atoms with Gasteiger partial charge in [-0.25, -0.2) is 8.78 Å². The molecule has 0 saturated heterocycles. The number of benzene rings is 1. The van der Waals surface area contributed by atoms with Gasteiger partial charge in [0.15, 0.2) is 5.96 Å². The van der Waals surface area contributed by atoms with E-state index in [2.05, 4.69) is 21.7 Å². The number of rotatable bonds is 6. The van der Waals surface area contributed by atoms with Gasteiger partial charge in [0.2, 0.25) is 0 Å². The van der Waals surface area contributed by atoms with Crippen molar-refractivity contribution >= 4 is 29.9 Å². The van der Waals surface area contributed by atoms with E-state index in [1.54, 1.807) is 0 Å². The van der Waals surface area contributed by atoms with Crippen LogP contribution in [0.5, 0.6) is 0 Å².